The summed E-state index contributed by atoms with van der Waals surface area (Å²) in [6.07, 6.45) is 14.2. The summed E-state index contributed by atoms with van der Waals surface area (Å²) in [7, 11) is 1.61. The Kier molecular flexibility index (Phi) is 4.96. The number of rotatable bonds is 4. The van der Waals surface area contributed by atoms with Gasteiger partial charge in [0.2, 0.25) is 0 Å². The van der Waals surface area contributed by atoms with Crippen molar-refractivity contribution < 1.29 is 4.74 Å². The molecule has 0 amide bonds. The van der Waals surface area contributed by atoms with Crippen LogP contribution in [0.4, 0.5) is 0 Å². The van der Waals surface area contributed by atoms with E-state index in [1.54, 1.807) is 17.8 Å². The van der Waals surface area contributed by atoms with Gasteiger partial charge in [-0.2, -0.15) is 15.5 Å². The second-order valence-corrected chi connectivity index (χ2v) is 7.99. The molecular formula is C23H25N7O. The molecule has 1 fully saturated rings. The summed E-state index contributed by atoms with van der Waals surface area (Å²) in [5.41, 5.74) is 5.33. The van der Waals surface area contributed by atoms with E-state index in [1.807, 2.05) is 23.1 Å². The number of ether oxygens (including phenoxy) is 1. The molecule has 0 aromatic carbocycles. The first-order valence-corrected chi connectivity index (χ1v) is 10.5. The number of nitrogens with one attached hydrogen (secondary N) is 1. The Hall–Kier alpha value is -3.57. The summed E-state index contributed by atoms with van der Waals surface area (Å²) in [6.45, 7) is 5.04. The van der Waals surface area contributed by atoms with Crippen LogP contribution in [0.2, 0.25) is 0 Å². The molecule has 0 saturated carbocycles. The molecule has 0 bridgehead atoms. The van der Waals surface area contributed by atoms with E-state index in [2.05, 4.69) is 46.7 Å². The summed E-state index contributed by atoms with van der Waals surface area (Å²) in [5.74, 6) is 0.620. The Morgan fingerprint density at radius 3 is 2.97 bits per heavy atom. The van der Waals surface area contributed by atoms with Crippen molar-refractivity contribution in [3.63, 3.8) is 0 Å². The zero-order chi connectivity index (χ0) is 21.4. The summed E-state index contributed by atoms with van der Waals surface area (Å²) in [6, 6.07) is 4.63. The minimum atomic E-state index is 0.493. The highest BCUT2D eigenvalue weighted by atomic mass is 16.5. The summed E-state index contributed by atoms with van der Waals surface area (Å²) >= 11 is 0. The van der Waals surface area contributed by atoms with Crippen LogP contribution in [0.15, 0.2) is 43.0 Å². The van der Waals surface area contributed by atoms with Crippen molar-refractivity contribution in [2.45, 2.75) is 25.8 Å². The number of aromatic nitrogens is 4. The summed E-state index contributed by atoms with van der Waals surface area (Å²) in [4.78, 5) is 2.41. The lowest BCUT2D eigenvalue weighted by Crippen LogP contribution is -2.44. The average Bonchev–Trinajstić information content (AvgIpc) is 3.42. The highest BCUT2D eigenvalue weighted by Crippen LogP contribution is 2.32. The van der Waals surface area contributed by atoms with E-state index >= 15 is 0 Å². The lowest BCUT2D eigenvalue weighted by Gasteiger charge is -2.35. The van der Waals surface area contributed by atoms with Gasteiger partial charge in [0.1, 0.15) is 22.9 Å². The SMILES string of the molecule is COc1cc(-c2cnn(C3=CC=CN([C@H]4CCCNC4)C3)c2C)cn2ncc(C#N)c12. The maximum absolute atomic E-state index is 9.35. The first kappa shape index (κ1) is 19.4. The molecular weight excluding hydrogens is 390 g/mol. The van der Waals surface area contributed by atoms with Gasteiger partial charge in [0.05, 0.1) is 31.7 Å². The molecule has 8 heteroatoms. The van der Waals surface area contributed by atoms with Crippen LogP contribution in [-0.4, -0.2) is 57.1 Å². The van der Waals surface area contributed by atoms with Crippen LogP contribution < -0.4 is 10.1 Å². The van der Waals surface area contributed by atoms with Gasteiger partial charge in [-0.05, 0) is 50.7 Å². The number of nitrogens with zero attached hydrogens (tertiary/aromatic N) is 6. The van der Waals surface area contributed by atoms with Crippen molar-refractivity contribution in [1.29, 1.82) is 5.26 Å². The highest BCUT2D eigenvalue weighted by molar-refractivity contribution is 5.76. The van der Waals surface area contributed by atoms with E-state index in [1.165, 1.54) is 12.8 Å². The van der Waals surface area contributed by atoms with Gasteiger partial charge in [-0.15, -0.1) is 0 Å². The Bertz CT molecular complexity index is 1220. The first-order valence-electron chi connectivity index (χ1n) is 10.5. The Labute approximate surface area is 181 Å². The molecule has 0 aliphatic carbocycles. The predicted octanol–water partition coefficient (Wildman–Crippen LogP) is 2.81. The minimum Gasteiger partial charge on any atom is -0.494 e. The molecule has 158 valence electrons. The largest absolute Gasteiger partial charge is 0.494 e. The average molecular weight is 416 g/mol. The van der Waals surface area contributed by atoms with E-state index in [-0.39, 0.29) is 0 Å². The predicted molar refractivity (Wildman–Crippen MR) is 118 cm³/mol. The van der Waals surface area contributed by atoms with Crippen molar-refractivity contribution in [3.8, 4) is 22.9 Å². The van der Waals surface area contributed by atoms with E-state index < -0.39 is 0 Å². The Balaban J connectivity index is 1.47. The minimum absolute atomic E-state index is 0.493. The van der Waals surface area contributed by atoms with E-state index in [0.29, 0.717) is 22.9 Å². The first-order chi connectivity index (χ1) is 15.2. The van der Waals surface area contributed by atoms with Crippen LogP contribution in [0.25, 0.3) is 22.3 Å². The van der Waals surface area contributed by atoms with Gasteiger partial charge in [-0.1, -0.05) is 0 Å². The molecule has 0 spiro atoms. The van der Waals surface area contributed by atoms with Gasteiger partial charge >= 0.3 is 0 Å². The van der Waals surface area contributed by atoms with E-state index in [4.69, 9.17) is 9.84 Å². The zero-order valence-corrected chi connectivity index (χ0v) is 17.7. The topological polar surface area (TPSA) is 83.4 Å². The lowest BCUT2D eigenvalue weighted by molar-refractivity contribution is 0.247. The molecule has 1 atom stereocenters. The second-order valence-electron chi connectivity index (χ2n) is 7.99. The van der Waals surface area contributed by atoms with Gasteiger partial charge in [-0.25, -0.2) is 9.20 Å². The molecule has 31 heavy (non-hydrogen) atoms. The molecule has 3 aromatic rings. The highest BCUT2D eigenvalue weighted by Gasteiger charge is 2.23. The molecule has 1 N–H and O–H groups in total. The third kappa shape index (κ3) is 3.37. The van der Waals surface area contributed by atoms with Crippen LogP contribution in [0.3, 0.4) is 0 Å². The van der Waals surface area contributed by atoms with Gasteiger partial charge in [-0.3, -0.25) is 0 Å². The molecule has 1 saturated heterocycles. The molecule has 2 aliphatic rings. The summed E-state index contributed by atoms with van der Waals surface area (Å²) in [5, 5.41) is 21.9. The van der Waals surface area contributed by atoms with E-state index in [9.17, 15) is 5.26 Å². The maximum atomic E-state index is 9.35. The Morgan fingerprint density at radius 1 is 1.29 bits per heavy atom. The number of hydrogen-bond donors (Lipinski definition) is 1. The zero-order valence-electron chi connectivity index (χ0n) is 17.7. The number of fused-ring (bicyclic) bond motifs is 1. The van der Waals surface area contributed by atoms with E-state index in [0.717, 1.165) is 42.2 Å². The molecule has 2 aliphatic heterocycles. The number of allylic oxidation sites excluding steroid dienone is 2. The van der Waals surface area contributed by atoms with Gasteiger partial charge < -0.3 is 15.0 Å². The molecule has 8 nitrogen and oxygen atoms in total. The van der Waals surface area contributed by atoms with Crippen LogP contribution in [-0.2, 0) is 0 Å². The normalized spacial score (nSPS) is 18.8. The number of pyridine rings is 1. The standard InChI is InChI=1S/C23H25N7O/c1-16-21(17-9-22(31-2)23-18(10-24)11-26-29(23)14-17)13-27-30(16)20-6-4-8-28(15-20)19-5-3-7-25-12-19/h4,6,8-9,11,13-14,19,25H,3,5,7,12,15H2,1-2H3/t19-/m0/s1. The van der Waals surface area contributed by atoms with Crippen molar-refractivity contribution in [1.82, 2.24) is 29.6 Å². The Morgan fingerprint density at radius 2 is 2.19 bits per heavy atom. The van der Waals surface area contributed by atoms with Crippen molar-refractivity contribution >= 4 is 11.2 Å². The monoisotopic (exact) mass is 415 g/mol. The molecule has 5 heterocycles. The van der Waals surface area contributed by atoms with Crippen molar-refractivity contribution in [2.24, 2.45) is 0 Å². The second kappa shape index (κ2) is 7.93. The van der Waals surface area contributed by atoms with Gasteiger partial charge in [0.15, 0.2) is 0 Å². The third-order valence-electron chi connectivity index (χ3n) is 6.16. The fourth-order valence-electron chi connectivity index (χ4n) is 4.51. The quantitative estimate of drug-likeness (QED) is 0.706. The van der Waals surface area contributed by atoms with Crippen molar-refractivity contribution in [2.75, 3.05) is 26.7 Å². The smallest absolute Gasteiger partial charge is 0.146 e. The van der Waals surface area contributed by atoms with Crippen LogP contribution >= 0.6 is 0 Å². The molecule has 3 aromatic heterocycles. The summed E-state index contributed by atoms with van der Waals surface area (Å²) < 4.78 is 9.28. The number of hydrogen-bond acceptors (Lipinski definition) is 6. The molecule has 0 unspecified atom stereocenters. The maximum Gasteiger partial charge on any atom is 0.146 e. The van der Waals surface area contributed by atoms with Crippen LogP contribution in [0.5, 0.6) is 5.75 Å². The van der Waals surface area contributed by atoms with Crippen LogP contribution in [0, 0.1) is 18.3 Å². The lowest BCUT2D eigenvalue weighted by atomic mass is 10.0. The number of nitriles is 1. The fourth-order valence-corrected chi connectivity index (χ4v) is 4.51. The third-order valence-corrected chi connectivity index (χ3v) is 6.16. The number of piperidine rings is 1. The van der Waals surface area contributed by atoms with Gasteiger partial charge in [0.25, 0.3) is 0 Å². The van der Waals surface area contributed by atoms with Gasteiger partial charge in [0, 0.05) is 35.6 Å². The van der Waals surface area contributed by atoms with Crippen LogP contribution in [0.1, 0.15) is 24.1 Å². The molecule has 5 rings (SSSR count). The fraction of sp³-hybridized carbons (Fsp3) is 0.348. The molecule has 0 radical (unpaired) electrons. The van der Waals surface area contributed by atoms with Crippen molar-refractivity contribution in [3.05, 3.63) is 54.3 Å². The number of methoxy groups -OCH3 is 1.